The van der Waals surface area contributed by atoms with E-state index < -0.39 is 28.8 Å². The van der Waals surface area contributed by atoms with Crippen molar-refractivity contribution in [3.63, 3.8) is 0 Å². The zero-order chi connectivity index (χ0) is 13.8. The normalized spacial score (nSPS) is 15.1. The van der Waals surface area contributed by atoms with Crippen molar-refractivity contribution in [3.05, 3.63) is 34.3 Å². The fourth-order valence-electron chi connectivity index (χ4n) is 1.64. The Morgan fingerprint density at radius 1 is 1.44 bits per heavy atom. The molecule has 0 aliphatic heterocycles. The van der Waals surface area contributed by atoms with Crippen LogP contribution in [-0.2, 0) is 10.3 Å². The highest BCUT2D eigenvalue weighted by atomic mass is 19.4. The van der Waals surface area contributed by atoms with Crippen LogP contribution in [0, 0.1) is 10.1 Å². The molecule has 1 aromatic rings. The first-order valence-electron chi connectivity index (χ1n) is 5.05. The number of unbranched alkanes of at least 4 members (excludes halogenated alkanes) is 1. The van der Waals surface area contributed by atoms with Gasteiger partial charge in [-0.05, 0) is 18.6 Å². The van der Waals surface area contributed by atoms with Crippen molar-refractivity contribution in [2.24, 2.45) is 0 Å². The van der Waals surface area contributed by atoms with Gasteiger partial charge in [-0.15, -0.1) is 0 Å². The number of hydrogen-bond acceptors (Lipinski definition) is 4. The molecule has 1 heterocycles. The van der Waals surface area contributed by atoms with E-state index in [2.05, 4.69) is 4.42 Å². The van der Waals surface area contributed by atoms with Crippen molar-refractivity contribution in [1.82, 2.24) is 0 Å². The average Bonchev–Trinajstić information content (AvgIpc) is 2.75. The second kappa shape index (κ2) is 5.19. The molecule has 1 atom stereocenters. The van der Waals surface area contributed by atoms with Gasteiger partial charge in [-0.1, -0.05) is 0 Å². The van der Waals surface area contributed by atoms with E-state index in [4.69, 9.17) is 0 Å². The predicted octanol–water partition coefficient (Wildman–Crippen LogP) is 2.68. The average molecular weight is 265 g/mol. The molecule has 100 valence electrons. The summed E-state index contributed by atoms with van der Waals surface area (Å²) in [6.07, 6.45) is -4.99. The molecule has 0 aliphatic carbocycles. The topological polar surface area (TPSA) is 73.3 Å². The summed E-state index contributed by atoms with van der Waals surface area (Å²) in [6.45, 7) is 0. The molecule has 0 saturated carbocycles. The molecule has 0 fully saturated rings. The molecule has 0 aromatic carbocycles. The molecule has 0 bridgehead atoms. The fourth-order valence-corrected chi connectivity index (χ4v) is 1.64. The third-order valence-corrected chi connectivity index (χ3v) is 2.57. The number of rotatable bonds is 6. The van der Waals surface area contributed by atoms with Crippen molar-refractivity contribution >= 4 is 6.29 Å². The van der Waals surface area contributed by atoms with E-state index >= 15 is 0 Å². The molecule has 1 aromatic heterocycles. The van der Waals surface area contributed by atoms with Crippen LogP contribution in [0.3, 0.4) is 0 Å². The number of halogens is 3. The zero-order valence-corrected chi connectivity index (χ0v) is 9.14. The Morgan fingerprint density at radius 2 is 2.11 bits per heavy atom. The summed E-state index contributed by atoms with van der Waals surface area (Å²) in [4.78, 5) is 19.6. The number of alkyl halides is 3. The summed E-state index contributed by atoms with van der Waals surface area (Å²) in [7, 11) is 0. The second-order valence-electron chi connectivity index (χ2n) is 3.65. The Hall–Kier alpha value is -1.86. The van der Waals surface area contributed by atoms with Crippen molar-refractivity contribution in [2.75, 3.05) is 0 Å². The van der Waals surface area contributed by atoms with Crippen LogP contribution < -0.4 is 0 Å². The van der Waals surface area contributed by atoms with Gasteiger partial charge in [0.2, 0.25) is 0 Å². The zero-order valence-electron chi connectivity index (χ0n) is 9.14. The molecule has 18 heavy (non-hydrogen) atoms. The summed E-state index contributed by atoms with van der Waals surface area (Å²) in [5.41, 5.74) is -3.29. The highest BCUT2D eigenvalue weighted by Gasteiger charge is 2.68. The Labute approximate surface area is 99.7 Å². The lowest BCUT2D eigenvalue weighted by Crippen LogP contribution is -2.48. The van der Waals surface area contributed by atoms with Gasteiger partial charge < -0.3 is 9.21 Å². The van der Waals surface area contributed by atoms with Gasteiger partial charge >= 0.3 is 11.7 Å². The van der Waals surface area contributed by atoms with E-state index in [-0.39, 0.29) is 12.8 Å². The third kappa shape index (κ3) is 2.36. The molecule has 1 unspecified atom stereocenters. The van der Waals surface area contributed by atoms with Crippen LogP contribution in [0.25, 0.3) is 0 Å². The smallest absolute Gasteiger partial charge is 0.461 e. The highest BCUT2D eigenvalue weighted by Crippen LogP contribution is 2.45. The molecule has 5 nitrogen and oxygen atoms in total. The van der Waals surface area contributed by atoms with Crippen molar-refractivity contribution in [2.45, 2.75) is 31.0 Å². The van der Waals surface area contributed by atoms with Crippen molar-refractivity contribution < 1.29 is 27.3 Å². The van der Waals surface area contributed by atoms with Gasteiger partial charge in [0.05, 0.1) is 6.26 Å². The van der Waals surface area contributed by atoms with Crippen LogP contribution in [0.5, 0.6) is 0 Å². The Bertz CT molecular complexity index is 415. The van der Waals surface area contributed by atoms with Gasteiger partial charge in [-0.3, -0.25) is 10.1 Å². The molecule has 1 rings (SSSR count). The number of furan rings is 1. The van der Waals surface area contributed by atoms with Crippen LogP contribution in [0.2, 0.25) is 0 Å². The van der Waals surface area contributed by atoms with E-state index in [9.17, 15) is 28.1 Å². The van der Waals surface area contributed by atoms with Crippen LogP contribution in [0.1, 0.15) is 25.0 Å². The van der Waals surface area contributed by atoms with Gasteiger partial charge in [0.1, 0.15) is 6.29 Å². The number of aldehydes is 1. The van der Waals surface area contributed by atoms with Crippen LogP contribution in [0.15, 0.2) is 22.8 Å². The van der Waals surface area contributed by atoms with Gasteiger partial charge in [-0.2, -0.15) is 13.2 Å². The summed E-state index contributed by atoms with van der Waals surface area (Å²) in [5, 5.41) is 10.9. The molecular weight excluding hydrogens is 255 g/mol. The highest BCUT2D eigenvalue weighted by molar-refractivity contribution is 5.49. The maximum atomic E-state index is 13.0. The Kier molecular flexibility index (Phi) is 4.10. The second-order valence-corrected chi connectivity index (χ2v) is 3.65. The third-order valence-electron chi connectivity index (χ3n) is 2.57. The van der Waals surface area contributed by atoms with Crippen molar-refractivity contribution in [1.29, 1.82) is 0 Å². The minimum atomic E-state index is -5.10. The minimum Gasteiger partial charge on any atom is -0.461 e. The lowest BCUT2D eigenvalue weighted by molar-refractivity contribution is -0.628. The quantitative estimate of drug-likeness (QED) is 0.343. The lowest BCUT2D eigenvalue weighted by atomic mass is 9.89. The molecular formula is C10H10F3NO4. The Morgan fingerprint density at radius 3 is 2.50 bits per heavy atom. The molecule has 0 aliphatic rings. The summed E-state index contributed by atoms with van der Waals surface area (Å²) < 4.78 is 43.6. The van der Waals surface area contributed by atoms with Gasteiger partial charge in [0, 0.05) is 17.8 Å². The molecule has 0 N–H and O–H groups in total. The molecule has 0 amide bonds. The summed E-state index contributed by atoms with van der Waals surface area (Å²) in [6, 6.07) is 2.07. The van der Waals surface area contributed by atoms with Gasteiger partial charge in [0.25, 0.3) is 0 Å². The molecule has 0 spiro atoms. The monoisotopic (exact) mass is 265 g/mol. The van der Waals surface area contributed by atoms with Crippen molar-refractivity contribution in [3.8, 4) is 0 Å². The van der Waals surface area contributed by atoms with Gasteiger partial charge in [0.15, 0.2) is 5.76 Å². The van der Waals surface area contributed by atoms with E-state index in [1.54, 1.807) is 0 Å². The molecule has 0 radical (unpaired) electrons. The number of hydrogen-bond donors (Lipinski definition) is 0. The lowest BCUT2D eigenvalue weighted by Gasteiger charge is -2.25. The molecule has 8 heteroatoms. The van der Waals surface area contributed by atoms with Crippen LogP contribution >= 0.6 is 0 Å². The minimum absolute atomic E-state index is 0.174. The standard InChI is InChI=1S/C10H10F3NO4/c11-10(12,13)9(14(16)17,5-1-2-6-15)8-4-3-7-18-8/h3-4,6-7H,1-2,5H2. The first-order valence-corrected chi connectivity index (χ1v) is 5.05. The van der Waals surface area contributed by atoms with Gasteiger partial charge in [-0.25, -0.2) is 0 Å². The van der Waals surface area contributed by atoms with Crippen LogP contribution in [0.4, 0.5) is 13.2 Å². The number of nitrogens with zero attached hydrogens (tertiary/aromatic N) is 1. The van der Waals surface area contributed by atoms with E-state index in [0.29, 0.717) is 6.29 Å². The summed E-state index contributed by atoms with van der Waals surface area (Å²) >= 11 is 0. The Balaban J connectivity index is 3.20. The fraction of sp³-hybridized carbons (Fsp3) is 0.500. The molecule has 0 saturated heterocycles. The number of nitro groups is 1. The predicted molar refractivity (Wildman–Crippen MR) is 53.4 cm³/mol. The summed E-state index contributed by atoms with van der Waals surface area (Å²) in [5.74, 6) is -0.772. The SMILES string of the molecule is O=CCCCC(c1ccco1)([N+](=O)[O-])C(F)(F)F. The first kappa shape index (κ1) is 14.2. The van der Waals surface area contributed by atoms with E-state index in [1.165, 1.54) is 0 Å². The first-order chi connectivity index (χ1) is 8.36. The van der Waals surface area contributed by atoms with Crippen LogP contribution in [-0.4, -0.2) is 17.4 Å². The maximum Gasteiger partial charge on any atom is 0.468 e. The van der Waals surface area contributed by atoms with E-state index in [1.807, 2.05) is 0 Å². The van der Waals surface area contributed by atoms with E-state index in [0.717, 1.165) is 18.4 Å². The number of carbonyl (C=O) groups excluding carboxylic acids is 1. The maximum absolute atomic E-state index is 13.0. The largest absolute Gasteiger partial charge is 0.468 e. The number of carbonyl (C=O) groups is 1.